The summed E-state index contributed by atoms with van der Waals surface area (Å²) >= 11 is 0. The quantitative estimate of drug-likeness (QED) is 0.500. The number of nitrogens with zero attached hydrogens (tertiary/aromatic N) is 3. The van der Waals surface area contributed by atoms with Gasteiger partial charge in [-0.25, -0.2) is 0 Å². The van der Waals surface area contributed by atoms with E-state index < -0.39 is 0 Å². The van der Waals surface area contributed by atoms with Crippen LogP contribution in [0, 0.1) is 0 Å². The summed E-state index contributed by atoms with van der Waals surface area (Å²) in [5.74, 6) is 0.660. The number of halogens is 1. The molecule has 2 rings (SSSR count). The van der Waals surface area contributed by atoms with Crippen molar-refractivity contribution in [2.24, 2.45) is 5.11 Å². The fraction of sp³-hybridized carbons (Fsp3) is 0.500. The van der Waals surface area contributed by atoms with Crippen LogP contribution < -0.4 is 5.32 Å². The van der Waals surface area contributed by atoms with Crippen LogP contribution in [0.3, 0.4) is 0 Å². The molecule has 4 nitrogen and oxygen atoms in total. The van der Waals surface area contributed by atoms with Gasteiger partial charge in [0.05, 0.1) is 6.54 Å². The number of rotatable bonds is 3. The first-order valence-corrected chi connectivity index (χ1v) is 5.70. The molecule has 0 aliphatic carbocycles. The molecule has 1 aromatic rings. The molecule has 1 aliphatic heterocycles. The zero-order valence-electron chi connectivity index (χ0n) is 9.67. The molecule has 1 aromatic carbocycles. The van der Waals surface area contributed by atoms with Gasteiger partial charge in [0.1, 0.15) is 0 Å². The Morgan fingerprint density at radius 1 is 1.35 bits per heavy atom. The summed E-state index contributed by atoms with van der Waals surface area (Å²) in [5, 5.41) is 6.96. The second kappa shape index (κ2) is 7.17. The normalized spacial score (nSPS) is 15.8. The minimum atomic E-state index is 0. The Balaban J connectivity index is 0.00000144. The lowest BCUT2D eigenvalue weighted by molar-refractivity contribution is 0.460. The van der Waals surface area contributed by atoms with Gasteiger partial charge in [0.2, 0.25) is 0 Å². The summed E-state index contributed by atoms with van der Waals surface area (Å²) in [7, 11) is 0. The van der Waals surface area contributed by atoms with Crippen molar-refractivity contribution in [3.63, 3.8) is 0 Å². The number of benzene rings is 1. The van der Waals surface area contributed by atoms with Crippen molar-refractivity contribution >= 4 is 12.4 Å². The summed E-state index contributed by atoms with van der Waals surface area (Å²) in [5.41, 5.74) is 10.8. The molecule has 0 unspecified atom stereocenters. The third-order valence-corrected chi connectivity index (χ3v) is 3.08. The largest absolute Gasteiger partial charge is 0.317 e. The molecule has 0 saturated carbocycles. The Morgan fingerprint density at radius 2 is 2.12 bits per heavy atom. The minimum Gasteiger partial charge on any atom is -0.317 e. The Kier molecular flexibility index (Phi) is 5.84. The molecule has 0 bridgehead atoms. The lowest BCUT2D eigenvalue weighted by Gasteiger charge is -2.23. The van der Waals surface area contributed by atoms with E-state index in [9.17, 15) is 0 Å². The fourth-order valence-electron chi connectivity index (χ4n) is 2.21. The van der Waals surface area contributed by atoms with Gasteiger partial charge in [0.15, 0.2) is 0 Å². The van der Waals surface area contributed by atoms with Gasteiger partial charge in [-0.05, 0) is 48.5 Å². The van der Waals surface area contributed by atoms with Crippen molar-refractivity contribution in [2.75, 3.05) is 13.1 Å². The van der Waals surface area contributed by atoms with Gasteiger partial charge in [0, 0.05) is 4.91 Å². The second-order valence-electron chi connectivity index (χ2n) is 4.16. The van der Waals surface area contributed by atoms with Crippen molar-refractivity contribution in [3.05, 3.63) is 45.8 Å². The Bertz CT molecular complexity index is 395. The molecule has 92 valence electrons. The van der Waals surface area contributed by atoms with E-state index in [1.54, 1.807) is 0 Å². The molecule has 1 N–H and O–H groups in total. The van der Waals surface area contributed by atoms with Crippen LogP contribution >= 0.6 is 12.4 Å². The SMILES string of the molecule is Cl.[N-]=[N+]=NCc1cccc(C2CCNCC2)c1. The lowest BCUT2D eigenvalue weighted by atomic mass is 9.89. The average Bonchev–Trinajstić information content (AvgIpc) is 2.38. The molecule has 1 heterocycles. The maximum atomic E-state index is 8.30. The minimum absolute atomic E-state index is 0. The highest BCUT2D eigenvalue weighted by atomic mass is 35.5. The van der Waals surface area contributed by atoms with Gasteiger partial charge in [-0.1, -0.05) is 29.4 Å². The van der Waals surface area contributed by atoms with Gasteiger partial charge in [-0.15, -0.1) is 12.4 Å². The fourth-order valence-corrected chi connectivity index (χ4v) is 2.21. The summed E-state index contributed by atoms with van der Waals surface area (Å²) in [4.78, 5) is 2.79. The van der Waals surface area contributed by atoms with Crippen LogP contribution in [-0.4, -0.2) is 13.1 Å². The van der Waals surface area contributed by atoms with Crippen molar-refractivity contribution in [3.8, 4) is 0 Å². The van der Waals surface area contributed by atoms with E-state index in [1.807, 2.05) is 6.07 Å². The zero-order chi connectivity index (χ0) is 11.2. The zero-order valence-corrected chi connectivity index (χ0v) is 10.5. The molecule has 0 amide bonds. The first-order valence-electron chi connectivity index (χ1n) is 5.70. The number of piperidine rings is 1. The Morgan fingerprint density at radius 3 is 2.82 bits per heavy atom. The van der Waals surface area contributed by atoms with Crippen LogP contribution in [-0.2, 0) is 6.54 Å². The van der Waals surface area contributed by atoms with Crippen LogP contribution in [0.2, 0.25) is 0 Å². The second-order valence-corrected chi connectivity index (χ2v) is 4.16. The van der Waals surface area contributed by atoms with Crippen LogP contribution in [0.1, 0.15) is 29.9 Å². The van der Waals surface area contributed by atoms with E-state index in [1.165, 1.54) is 18.4 Å². The van der Waals surface area contributed by atoms with Crippen molar-refractivity contribution in [1.82, 2.24) is 5.32 Å². The predicted octanol–water partition coefficient (Wildman–Crippen LogP) is 3.39. The van der Waals surface area contributed by atoms with Crippen molar-refractivity contribution < 1.29 is 0 Å². The molecule has 17 heavy (non-hydrogen) atoms. The third-order valence-electron chi connectivity index (χ3n) is 3.08. The highest BCUT2D eigenvalue weighted by molar-refractivity contribution is 5.85. The molecule has 0 spiro atoms. The van der Waals surface area contributed by atoms with Crippen LogP contribution in [0.15, 0.2) is 29.4 Å². The summed E-state index contributed by atoms with van der Waals surface area (Å²) in [6, 6.07) is 8.42. The smallest absolute Gasteiger partial charge is 0.0510 e. The number of hydrogen-bond acceptors (Lipinski definition) is 2. The summed E-state index contributed by atoms with van der Waals surface area (Å²) in [6.07, 6.45) is 2.40. The van der Waals surface area contributed by atoms with Gasteiger partial charge in [-0.3, -0.25) is 0 Å². The van der Waals surface area contributed by atoms with E-state index in [4.69, 9.17) is 5.53 Å². The topological polar surface area (TPSA) is 60.8 Å². The standard InChI is InChI=1S/C12H16N4.ClH/c13-16-15-9-10-2-1-3-12(8-10)11-4-6-14-7-5-11;/h1-3,8,11,14H,4-7,9H2;1H. The molecular weight excluding hydrogens is 236 g/mol. The molecule has 1 aliphatic rings. The van der Waals surface area contributed by atoms with Crippen molar-refractivity contribution in [2.45, 2.75) is 25.3 Å². The highest BCUT2D eigenvalue weighted by Gasteiger charge is 2.14. The number of azide groups is 1. The van der Waals surface area contributed by atoms with E-state index in [0.29, 0.717) is 12.5 Å². The molecular formula is C12H17ClN4. The highest BCUT2D eigenvalue weighted by Crippen LogP contribution is 2.25. The average molecular weight is 253 g/mol. The molecule has 1 fully saturated rings. The van der Waals surface area contributed by atoms with E-state index in [0.717, 1.165) is 18.7 Å². The first-order chi connectivity index (χ1) is 7.90. The van der Waals surface area contributed by atoms with Crippen LogP contribution in [0.25, 0.3) is 10.4 Å². The van der Waals surface area contributed by atoms with Gasteiger partial charge in [0.25, 0.3) is 0 Å². The molecule has 1 saturated heterocycles. The van der Waals surface area contributed by atoms with E-state index >= 15 is 0 Å². The first kappa shape index (κ1) is 13.8. The summed E-state index contributed by atoms with van der Waals surface area (Å²) < 4.78 is 0. The maximum Gasteiger partial charge on any atom is 0.0510 e. The molecule has 0 aromatic heterocycles. The predicted molar refractivity (Wildman–Crippen MR) is 71.4 cm³/mol. The van der Waals surface area contributed by atoms with Crippen LogP contribution in [0.5, 0.6) is 0 Å². The third kappa shape index (κ3) is 3.93. The van der Waals surface area contributed by atoms with Gasteiger partial charge in [-0.2, -0.15) is 0 Å². The van der Waals surface area contributed by atoms with Crippen molar-refractivity contribution in [1.29, 1.82) is 0 Å². The Hall–Kier alpha value is -1.22. The molecule has 0 atom stereocenters. The molecule has 0 radical (unpaired) electrons. The van der Waals surface area contributed by atoms with Gasteiger partial charge < -0.3 is 5.32 Å². The molecule has 5 heteroatoms. The van der Waals surface area contributed by atoms with E-state index in [-0.39, 0.29) is 12.4 Å². The van der Waals surface area contributed by atoms with Crippen LogP contribution in [0.4, 0.5) is 0 Å². The summed E-state index contributed by atoms with van der Waals surface area (Å²) in [6.45, 7) is 2.66. The Labute approximate surface area is 107 Å². The number of hydrogen-bond donors (Lipinski definition) is 1. The maximum absolute atomic E-state index is 8.30. The van der Waals surface area contributed by atoms with E-state index in [2.05, 4.69) is 33.5 Å². The van der Waals surface area contributed by atoms with Gasteiger partial charge >= 0.3 is 0 Å². The monoisotopic (exact) mass is 252 g/mol. The number of nitrogens with one attached hydrogen (secondary N) is 1. The lowest BCUT2D eigenvalue weighted by Crippen LogP contribution is -2.26.